The molecule has 0 saturated heterocycles. The Labute approximate surface area is 66.7 Å². The van der Waals surface area contributed by atoms with E-state index in [9.17, 15) is 9.13 Å². The molecule has 0 aromatic rings. The van der Waals surface area contributed by atoms with Crippen molar-refractivity contribution >= 4 is 21.5 Å². The van der Waals surface area contributed by atoms with E-state index in [1.165, 1.54) is 5.09 Å². The molecule has 0 fully saturated rings. The minimum Gasteiger partial charge on any atom is -0.369 e. The lowest BCUT2D eigenvalue weighted by Gasteiger charge is -2.05. The zero-order valence-corrected chi connectivity index (χ0v) is 7.31. The zero-order valence-electron chi connectivity index (χ0n) is 5.52. The van der Waals surface area contributed by atoms with Gasteiger partial charge in [0.05, 0.1) is 0 Å². The predicted molar refractivity (Wildman–Crippen MR) is 38.8 cm³/mol. The second kappa shape index (κ2) is 3.53. The summed E-state index contributed by atoms with van der Waals surface area (Å²) in [6, 6.07) is 0. The fraction of sp³-hybridized carbons (Fsp3) is 0. The van der Waals surface area contributed by atoms with Gasteiger partial charge in [0.15, 0.2) is 0 Å². The second-order valence-corrected chi connectivity index (χ2v) is 4.19. The van der Waals surface area contributed by atoms with E-state index in [0.717, 1.165) is 0 Å². The molecule has 7 N–H and O–H groups in total. The third kappa shape index (κ3) is 7.67. The number of nitrogens with zero attached hydrogens (tertiary/aromatic N) is 1. The third-order valence-electron chi connectivity index (χ3n) is 0.498. The Hall–Kier alpha value is -0.430. The average Bonchev–Trinajstić information content (AvgIpc) is 1.49. The Kier molecular flexibility index (Phi) is 3.40. The van der Waals surface area contributed by atoms with Crippen LogP contribution in [0.25, 0.3) is 0 Å². The van der Waals surface area contributed by atoms with E-state index >= 15 is 0 Å². The molecule has 0 radical (unpaired) electrons. The van der Waals surface area contributed by atoms with Crippen molar-refractivity contribution in [2.75, 3.05) is 0 Å². The Morgan fingerprint density at radius 3 is 1.92 bits per heavy atom. The summed E-state index contributed by atoms with van der Waals surface area (Å²) in [6.45, 7) is 0. The van der Waals surface area contributed by atoms with Crippen molar-refractivity contribution in [2.24, 2.45) is 10.5 Å². The van der Waals surface area contributed by atoms with Crippen LogP contribution in [-0.4, -0.2) is 25.5 Å². The molecule has 0 aromatic carbocycles. The molecule has 0 aromatic heterocycles. The molecule has 11 heteroatoms. The van der Waals surface area contributed by atoms with Crippen molar-refractivity contribution in [2.45, 2.75) is 0 Å². The molecule has 0 saturated carbocycles. The van der Waals surface area contributed by atoms with Gasteiger partial charge in [-0.3, -0.25) is 5.09 Å². The topological polar surface area (TPSA) is 165 Å². The first-order chi connectivity index (χ1) is 5.10. The van der Waals surface area contributed by atoms with Gasteiger partial charge in [-0.05, 0) is 0 Å². The summed E-state index contributed by atoms with van der Waals surface area (Å²) in [7, 11) is -9.41. The van der Waals surface area contributed by atoms with Crippen molar-refractivity contribution in [1.29, 1.82) is 0 Å². The number of hydrogen-bond acceptors (Lipinski definition) is 2. The number of nitrogens with two attached hydrogens (primary N) is 1. The maximum absolute atomic E-state index is 10.1. The van der Waals surface area contributed by atoms with E-state index in [0.29, 0.717) is 0 Å². The van der Waals surface area contributed by atoms with Crippen LogP contribution in [0.4, 0.5) is 0 Å². The largest absolute Gasteiger partial charge is 0.451 e. The van der Waals surface area contributed by atoms with Crippen LogP contribution in [0, 0.1) is 0 Å². The first-order valence-corrected chi connectivity index (χ1v) is 5.53. The van der Waals surface area contributed by atoms with Gasteiger partial charge in [-0.25, -0.2) is 9.13 Å². The van der Waals surface area contributed by atoms with Gasteiger partial charge in [-0.2, -0.15) is 0 Å². The lowest BCUT2D eigenvalue weighted by Crippen LogP contribution is -2.28. The Morgan fingerprint density at radius 1 is 1.25 bits per heavy atom. The van der Waals surface area contributed by atoms with Crippen molar-refractivity contribution in [1.82, 2.24) is 5.09 Å². The van der Waals surface area contributed by atoms with E-state index < -0.39 is 21.5 Å². The quantitative estimate of drug-likeness (QED) is 0.177. The highest BCUT2D eigenvalue weighted by Crippen LogP contribution is 2.36. The minimum atomic E-state index is -4.75. The maximum atomic E-state index is 10.1. The van der Waals surface area contributed by atoms with Crippen LogP contribution in [0.15, 0.2) is 4.76 Å². The highest BCUT2D eigenvalue weighted by molar-refractivity contribution is 7.51. The molecule has 0 aliphatic rings. The number of hydrogen-bond donors (Lipinski definition) is 6. The summed E-state index contributed by atoms with van der Waals surface area (Å²) in [5.74, 6) is -1.02. The van der Waals surface area contributed by atoms with Crippen LogP contribution >= 0.6 is 15.5 Å². The van der Waals surface area contributed by atoms with Crippen molar-refractivity contribution in [3.8, 4) is 0 Å². The molecule has 0 heterocycles. The van der Waals surface area contributed by atoms with Crippen LogP contribution in [0.3, 0.4) is 0 Å². The predicted octanol–water partition coefficient (Wildman–Crippen LogP) is -1.92. The Balaban J connectivity index is 4.44. The van der Waals surface area contributed by atoms with Gasteiger partial charge >= 0.3 is 15.5 Å². The van der Waals surface area contributed by atoms with Gasteiger partial charge in [-0.1, -0.05) is 0 Å². The normalized spacial score (nSPS) is 14.5. The van der Waals surface area contributed by atoms with Crippen LogP contribution in [0.2, 0.25) is 0 Å². The van der Waals surface area contributed by atoms with Gasteiger partial charge in [-0.15, -0.1) is 4.76 Å². The number of nitrogens with one attached hydrogen (secondary N) is 1. The highest BCUT2D eigenvalue weighted by atomic mass is 31.2. The van der Waals surface area contributed by atoms with Crippen molar-refractivity contribution in [3.63, 3.8) is 0 Å². The van der Waals surface area contributed by atoms with E-state index in [1.54, 1.807) is 0 Å². The van der Waals surface area contributed by atoms with Crippen LogP contribution in [0.5, 0.6) is 0 Å². The highest BCUT2D eigenvalue weighted by Gasteiger charge is 2.17. The van der Waals surface area contributed by atoms with Gasteiger partial charge in [0.2, 0.25) is 5.96 Å². The molecule has 72 valence electrons. The molecule has 0 spiro atoms. The molecule has 12 heavy (non-hydrogen) atoms. The lowest BCUT2D eigenvalue weighted by molar-refractivity contribution is 0.367. The maximum Gasteiger partial charge on any atom is 0.451 e. The van der Waals surface area contributed by atoms with E-state index in [2.05, 4.69) is 4.76 Å². The molecule has 0 amide bonds. The summed E-state index contributed by atoms with van der Waals surface area (Å²) in [5.41, 5.74) is 4.70. The molecule has 9 nitrogen and oxygen atoms in total. The smallest absolute Gasteiger partial charge is 0.369 e. The molecule has 0 unspecified atom stereocenters. The molecule has 0 bridgehead atoms. The second-order valence-electron chi connectivity index (χ2n) is 1.65. The zero-order chi connectivity index (χ0) is 9.99. The van der Waals surface area contributed by atoms with Crippen molar-refractivity contribution in [3.05, 3.63) is 0 Å². The SMILES string of the molecule is N/C(=N\P(=O)(O)O)NP(=O)(O)O. The number of guanidine groups is 1. The monoisotopic (exact) mass is 219 g/mol. The van der Waals surface area contributed by atoms with Gasteiger partial charge < -0.3 is 25.3 Å². The molecular formula is CH7N3O6P2. The van der Waals surface area contributed by atoms with E-state index in [4.69, 9.17) is 25.3 Å². The summed E-state index contributed by atoms with van der Waals surface area (Å²) in [4.78, 5) is 32.6. The average molecular weight is 219 g/mol. The van der Waals surface area contributed by atoms with Gasteiger partial charge in [0.1, 0.15) is 0 Å². The van der Waals surface area contributed by atoms with E-state index in [1.807, 2.05) is 0 Å². The minimum absolute atomic E-state index is 1.02. The molecular weight excluding hydrogens is 212 g/mol. The summed E-state index contributed by atoms with van der Waals surface area (Å²) >= 11 is 0. The number of rotatable bonds is 2. The third-order valence-corrected chi connectivity index (χ3v) is 1.49. The fourth-order valence-electron chi connectivity index (χ4n) is 0.312. The Bertz CT molecular complexity index is 273. The molecule has 0 aliphatic heterocycles. The lowest BCUT2D eigenvalue weighted by atomic mass is 11.1. The van der Waals surface area contributed by atoms with Gasteiger partial charge in [0, 0.05) is 0 Å². The molecule has 0 aliphatic carbocycles. The molecule has 0 rings (SSSR count). The van der Waals surface area contributed by atoms with E-state index in [-0.39, 0.29) is 0 Å². The summed E-state index contributed by atoms with van der Waals surface area (Å²) in [5, 5.41) is 1.28. The van der Waals surface area contributed by atoms with Crippen molar-refractivity contribution < 1.29 is 28.7 Å². The van der Waals surface area contributed by atoms with Crippen LogP contribution in [0.1, 0.15) is 0 Å². The summed E-state index contributed by atoms with van der Waals surface area (Å²) in [6.07, 6.45) is 0. The standard InChI is InChI=1S/CH7N3O6P2/c2-1(3-11(5,6)7)4-12(8,9)10/h(H7,2,3,4,5,6,7,8,9,10). The molecule has 0 atom stereocenters. The summed E-state index contributed by atoms with van der Waals surface area (Å²) < 4.78 is 22.6. The van der Waals surface area contributed by atoms with Crippen LogP contribution < -0.4 is 10.8 Å². The first kappa shape index (κ1) is 11.6. The van der Waals surface area contributed by atoms with Crippen LogP contribution in [-0.2, 0) is 9.13 Å². The fourth-order valence-corrected chi connectivity index (χ4v) is 1.07. The Morgan fingerprint density at radius 2 is 1.67 bits per heavy atom. The first-order valence-electron chi connectivity index (χ1n) is 2.35. The van der Waals surface area contributed by atoms with Gasteiger partial charge in [0.25, 0.3) is 0 Å².